The molecule has 0 saturated carbocycles. The van der Waals surface area contributed by atoms with E-state index in [1.165, 1.54) is 0 Å². The van der Waals surface area contributed by atoms with Gasteiger partial charge in [0.25, 0.3) is 0 Å². The molecular formula is C12H24O4Si. The summed E-state index contributed by atoms with van der Waals surface area (Å²) < 4.78 is 16.7. The first-order chi connectivity index (χ1) is 7.93. The number of esters is 1. The van der Waals surface area contributed by atoms with Gasteiger partial charge in [-0.1, -0.05) is 13.1 Å². The summed E-state index contributed by atoms with van der Waals surface area (Å²) in [6.45, 7) is 14.0. The molecule has 0 N–H and O–H groups in total. The Morgan fingerprint density at radius 1 is 1.41 bits per heavy atom. The molecule has 0 rings (SSSR count). The van der Waals surface area contributed by atoms with Gasteiger partial charge in [0, 0.05) is 18.8 Å². The van der Waals surface area contributed by atoms with Crippen molar-refractivity contribution >= 4 is 15.5 Å². The molecule has 0 aliphatic rings. The zero-order valence-corrected chi connectivity index (χ0v) is 13.0. The third-order valence-corrected chi connectivity index (χ3v) is 4.44. The Hall–Kier alpha value is -0.653. The van der Waals surface area contributed by atoms with Crippen molar-refractivity contribution in [1.29, 1.82) is 0 Å². The van der Waals surface area contributed by atoms with Crippen LogP contribution in [0.1, 0.15) is 27.7 Å². The fourth-order valence-corrected chi connectivity index (χ4v) is 2.93. The van der Waals surface area contributed by atoms with Crippen LogP contribution in [-0.2, 0) is 19.0 Å². The summed E-state index contributed by atoms with van der Waals surface area (Å²) in [6.07, 6.45) is -0.257. The van der Waals surface area contributed by atoms with Crippen molar-refractivity contribution in [2.45, 2.75) is 45.8 Å². The molecule has 4 nitrogen and oxygen atoms in total. The molecule has 2 unspecified atom stereocenters. The van der Waals surface area contributed by atoms with Crippen LogP contribution in [0.4, 0.5) is 0 Å². The van der Waals surface area contributed by atoms with Crippen molar-refractivity contribution < 1.29 is 19.0 Å². The van der Waals surface area contributed by atoms with Crippen LogP contribution in [0, 0.1) is 0 Å². The molecule has 5 heteroatoms. The van der Waals surface area contributed by atoms with Gasteiger partial charge in [-0.2, -0.15) is 0 Å². The van der Waals surface area contributed by atoms with E-state index in [2.05, 4.69) is 6.58 Å². The fraction of sp³-hybridized carbons (Fsp3) is 0.750. The molecular weight excluding hydrogens is 236 g/mol. The summed E-state index contributed by atoms with van der Waals surface area (Å²) >= 11 is 0. The van der Waals surface area contributed by atoms with Gasteiger partial charge in [-0.05, 0) is 27.7 Å². The van der Waals surface area contributed by atoms with Crippen LogP contribution in [0.15, 0.2) is 12.2 Å². The van der Waals surface area contributed by atoms with Crippen molar-refractivity contribution in [2.24, 2.45) is 0 Å². The number of hydrogen-bond acceptors (Lipinski definition) is 4. The van der Waals surface area contributed by atoms with Gasteiger partial charge in [-0.15, -0.1) is 0 Å². The number of hydrogen-bond donors (Lipinski definition) is 0. The Bertz CT molecular complexity index is 267. The molecule has 0 amide bonds. The second-order valence-electron chi connectivity index (χ2n) is 3.87. The van der Waals surface area contributed by atoms with Gasteiger partial charge in [-0.3, -0.25) is 0 Å². The van der Waals surface area contributed by atoms with E-state index >= 15 is 0 Å². The summed E-state index contributed by atoms with van der Waals surface area (Å²) in [6, 6.07) is 0. The van der Waals surface area contributed by atoms with Crippen LogP contribution in [0.2, 0.25) is 6.55 Å². The maximum Gasteiger partial charge on any atom is 0.335 e. The predicted octanol–water partition coefficient (Wildman–Crippen LogP) is 1.44. The Morgan fingerprint density at radius 3 is 2.35 bits per heavy atom. The molecule has 0 bridgehead atoms. The normalized spacial score (nSPS) is 16.8. The minimum atomic E-state index is -0.888. The van der Waals surface area contributed by atoms with Crippen molar-refractivity contribution in [1.82, 2.24) is 0 Å². The number of carbonyl (C=O) groups is 1. The van der Waals surface area contributed by atoms with Crippen LogP contribution < -0.4 is 0 Å². The van der Waals surface area contributed by atoms with E-state index in [9.17, 15) is 4.79 Å². The van der Waals surface area contributed by atoms with E-state index in [1.54, 1.807) is 6.92 Å². The first-order valence-electron chi connectivity index (χ1n) is 6.07. The lowest BCUT2D eigenvalue weighted by atomic mass is 10.3. The van der Waals surface area contributed by atoms with Gasteiger partial charge in [0.2, 0.25) is 5.41 Å². The third-order valence-electron chi connectivity index (χ3n) is 2.53. The highest BCUT2D eigenvalue weighted by molar-refractivity contribution is 6.37. The molecule has 0 aliphatic heterocycles. The van der Waals surface area contributed by atoms with Crippen LogP contribution in [0.5, 0.6) is 0 Å². The first-order valence-corrected chi connectivity index (χ1v) is 8.20. The van der Waals surface area contributed by atoms with Gasteiger partial charge in [0.1, 0.15) is 15.6 Å². The summed E-state index contributed by atoms with van der Waals surface area (Å²) in [4.78, 5) is 11.7. The van der Waals surface area contributed by atoms with E-state index < -0.39 is 20.9 Å². The molecule has 100 valence electrons. The summed E-state index contributed by atoms with van der Waals surface area (Å²) in [5.74, 6) is -0.417. The molecule has 17 heavy (non-hydrogen) atoms. The molecule has 0 fully saturated rings. The van der Waals surface area contributed by atoms with Gasteiger partial charge in [0.05, 0.1) is 0 Å². The molecule has 0 aromatic rings. The summed E-state index contributed by atoms with van der Waals surface area (Å²) in [7, 11) is -0.764. The van der Waals surface area contributed by atoms with Gasteiger partial charge in [0.15, 0.2) is 0 Å². The Labute approximate surface area is 106 Å². The van der Waals surface area contributed by atoms with Gasteiger partial charge in [-0.25, -0.2) is 4.79 Å². The SMILES string of the molecule is C=C(C)C(=O)OC(OCC)([SiH2]C)C(C)OCC. The highest BCUT2D eigenvalue weighted by atomic mass is 28.2. The molecule has 0 spiro atoms. The number of carbonyl (C=O) groups excluding carboxylic acids is 1. The van der Waals surface area contributed by atoms with Gasteiger partial charge >= 0.3 is 5.97 Å². The molecule has 0 aromatic carbocycles. The van der Waals surface area contributed by atoms with Crippen LogP contribution >= 0.6 is 0 Å². The smallest absolute Gasteiger partial charge is 0.335 e. The van der Waals surface area contributed by atoms with E-state index in [0.717, 1.165) is 0 Å². The van der Waals surface area contributed by atoms with Crippen molar-refractivity contribution in [3.05, 3.63) is 12.2 Å². The molecule has 0 aromatic heterocycles. The second kappa shape index (κ2) is 7.63. The third kappa shape index (κ3) is 4.61. The van der Waals surface area contributed by atoms with Crippen LogP contribution in [0.25, 0.3) is 0 Å². The van der Waals surface area contributed by atoms with E-state index in [4.69, 9.17) is 14.2 Å². The molecule has 0 heterocycles. The van der Waals surface area contributed by atoms with Crippen molar-refractivity contribution in [3.63, 3.8) is 0 Å². The lowest BCUT2D eigenvalue weighted by Gasteiger charge is -2.37. The van der Waals surface area contributed by atoms with Crippen molar-refractivity contribution in [2.75, 3.05) is 13.2 Å². The Kier molecular flexibility index (Phi) is 7.34. The monoisotopic (exact) mass is 260 g/mol. The predicted molar refractivity (Wildman–Crippen MR) is 70.8 cm³/mol. The quantitative estimate of drug-likeness (QED) is 0.287. The fourth-order valence-electron chi connectivity index (χ4n) is 1.56. The lowest BCUT2D eigenvalue weighted by molar-refractivity contribution is -0.228. The highest BCUT2D eigenvalue weighted by Crippen LogP contribution is 2.21. The molecule has 0 saturated heterocycles. The largest absolute Gasteiger partial charge is 0.432 e. The van der Waals surface area contributed by atoms with E-state index in [-0.39, 0.29) is 6.10 Å². The molecule has 0 radical (unpaired) electrons. The summed E-state index contributed by atoms with van der Waals surface area (Å²) in [5, 5.41) is 0. The van der Waals surface area contributed by atoms with E-state index in [1.807, 2.05) is 27.3 Å². The maximum absolute atomic E-state index is 11.7. The standard InChI is InChI=1S/C12H24O4Si/c1-7-14-10(5)12(17-6,15-8-2)16-11(13)9(3)4/h10H,3,7-8,17H2,1-2,4-6H3. The topological polar surface area (TPSA) is 44.8 Å². The highest BCUT2D eigenvalue weighted by Gasteiger charge is 2.40. The minimum Gasteiger partial charge on any atom is -0.432 e. The lowest BCUT2D eigenvalue weighted by Crippen LogP contribution is -2.53. The Morgan fingerprint density at radius 2 is 2.00 bits per heavy atom. The Balaban J connectivity index is 4.92. The zero-order chi connectivity index (χ0) is 13.5. The molecule has 2 atom stereocenters. The van der Waals surface area contributed by atoms with Crippen LogP contribution in [-0.4, -0.2) is 40.2 Å². The number of ether oxygens (including phenoxy) is 3. The maximum atomic E-state index is 11.7. The zero-order valence-electron chi connectivity index (χ0n) is 11.5. The van der Waals surface area contributed by atoms with Crippen LogP contribution in [0.3, 0.4) is 0 Å². The first kappa shape index (κ1) is 16.3. The molecule has 0 aliphatic carbocycles. The van der Waals surface area contributed by atoms with Gasteiger partial charge < -0.3 is 14.2 Å². The number of rotatable bonds is 8. The average molecular weight is 260 g/mol. The van der Waals surface area contributed by atoms with E-state index in [0.29, 0.717) is 18.8 Å². The second-order valence-corrected chi connectivity index (χ2v) is 5.56. The summed E-state index contributed by atoms with van der Waals surface area (Å²) in [5.41, 5.74) is -0.513. The average Bonchev–Trinajstić information content (AvgIpc) is 2.28. The minimum absolute atomic E-state index is 0.257. The van der Waals surface area contributed by atoms with Crippen molar-refractivity contribution in [3.8, 4) is 0 Å².